The summed E-state index contributed by atoms with van der Waals surface area (Å²) in [4.78, 5) is 39.0. The van der Waals surface area contributed by atoms with E-state index in [1.54, 1.807) is 30.6 Å². The Labute approximate surface area is 217 Å². The number of aromatic nitrogens is 3. The van der Waals surface area contributed by atoms with Gasteiger partial charge in [0.25, 0.3) is 5.91 Å². The SMILES string of the molecule is COC(=O)CSc1cnc(NC(=O)c2nc(Sc3ccccn3)ccc2Sc2ccc(F)cc2)s1. The molecule has 178 valence electrons. The van der Waals surface area contributed by atoms with Crippen LogP contribution in [0.2, 0.25) is 0 Å². The molecule has 0 saturated heterocycles. The van der Waals surface area contributed by atoms with Crippen LogP contribution in [0, 0.1) is 5.82 Å². The molecule has 0 radical (unpaired) electrons. The lowest BCUT2D eigenvalue weighted by molar-refractivity contribution is -0.137. The van der Waals surface area contributed by atoms with Crippen LogP contribution in [0.25, 0.3) is 0 Å². The maximum absolute atomic E-state index is 13.3. The normalized spacial score (nSPS) is 10.7. The highest BCUT2D eigenvalue weighted by molar-refractivity contribution is 8.01. The third kappa shape index (κ3) is 7.28. The predicted molar refractivity (Wildman–Crippen MR) is 136 cm³/mol. The van der Waals surface area contributed by atoms with E-state index in [1.165, 1.54) is 65.9 Å². The van der Waals surface area contributed by atoms with Crippen molar-refractivity contribution in [3.8, 4) is 0 Å². The minimum atomic E-state index is -0.433. The number of carbonyl (C=O) groups excluding carboxylic acids is 2. The van der Waals surface area contributed by atoms with E-state index in [-0.39, 0.29) is 23.2 Å². The van der Waals surface area contributed by atoms with Crippen molar-refractivity contribution in [1.29, 1.82) is 0 Å². The van der Waals surface area contributed by atoms with Gasteiger partial charge >= 0.3 is 5.97 Å². The van der Waals surface area contributed by atoms with Crippen molar-refractivity contribution in [2.45, 2.75) is 24.1 Å². The summed E-state index contributed by atoms with van der Waals surface area (Å²) < 4.78 is 18.7. The highest BCUT2D eigenvalue weighted by Crippen LogP contribution is 2.34. The van der Waals surface area contributed by atoms with Crippen molar-refractivity contribution in [3.63, 3.8) is 0 Å². The van der Waals surface area contributed by atoms with Crippen LogP contribution >= 0.6 is 46.6 Å². The van der Waals surface area contributed by atoms with E-state index in [0.29, 0.717) is 15.1 Å². The lowest BCUT2D eigenvalue weighted by atomic mass is 10.3. The zero-order chi connectivity index (χ0) is 24.6. The van der Waals surface area contributed by atoms with E-state index in [0.717, 1.165) is 14.1 Å². The third-order valence-electron chi connectivity index (χ3n) is 4.20. The Morgan fingerprint density at radius 2 is 1.86 bits per heavy atom. The van der Waals surface area contributed by atoms with Crippen molar-refractivity contribution in [2.75, 3.05) is 18.2 Å². The number of hydrogen-bond acceptors (Lipinski definition) is 10. The van der Waals surface area contributed by atoms with Gasteiger partial charge in [-0.25, -0.2) is 19.3 Å². The first kappa shape index (κ1) is 25.2. The molecular weight excluding hydrogens is 528 g/mol. The molecule has 0 bridgehead atoms. The number of benzene rings is 1. The average Bonchev–Trinajstić information content (AvgIpc) is 3.32. The number of carbonyl (C=O) groups is 2. The van der Waals surface area contributed by atoms with Gasteiger partial charge in [-0.15, -0.1) is 11.8 Å². The number of methoxy groups -OCH3 is 1. The van der Waals surface area contributed by atoms with Crippen LogP contribution in [0.15, 0.2) is 91.0 Å². The van der Waals surface area contributed by atoms with E-state index in [4.69, 9.17) is 0 Å². The second kappa shape index (κ2) is 12.2. The molecule has 1 aromatic carbocycles. The predicted octanol–water partition coefficient (Wildman–Crippen LogP) is 5.89. The van der Waals surface area contributed by atoms with Gasteiger partial charge < -0.3 is 4.74 Å². The van der Waals surface area contributed by atoms with Gasteiger partial charge in [-0.1, -0.05) is 40.9 Å². The highest BCUT2D eigenvalue weighted by atomic mass is 32.2. The summed E-state index contributed by atoms with van der Waals surface area (Å²) in [5.41, 5.74) is 0.208. The number of thioether (sulfide) groups is 1. The van der Waals surface area contributed by atoms with E-state index < -0.39 is 5.91 Å². The zero-order valence-corrected chi connectivity index (χ0v) is 21.4. The summed E-state index contributed by atoms with van der Waals surface area (Å²) in [6.07, 6.45) is 3.27. The minimum Gasteiger partial charge on any atom is -0.468 e. The van der Waals surface area contributed by atoms with E-state index in [9.17, 15) is 14.0 Å². The number of rotatable bonds is 9. The first-order valence-corrected chi connectivity index (χ1v) is 13.4. The highest BCUT2D eigenvalue weighted by Gasteiger charge is 2.18. The lowest BCUT2D eigenvalue weighted by Crippen LogP contribution is -2.15. The fraction of sp³-hybridized carbons (Fsp3) is 0.0870. The van der Waals surface area contributed by atoms with Crippen molar-refractivity contribution in [2.24, 2.45) is 0 Å². The maximum Gasteiger partial charge on any atom is 0.316 e. The van der Waals surface area contributed by atoms with Gasteiger partial charge in [-0.05, 0) is 48.5 Å². The number of thiazole rings is 1. The van der Waals surface area contributed by atoms with Gasteiger partial charge in [-0.3, -0.25) is 14.9 Å². The van der Waals surface area contributed by atoms with Crippen LogP contribution in [0.1, 0.15) is 10.5 Å². The van der Waals surface area contributed by atoms with Crippen LogP contribution in [-0.2, 0) is 9.53 Å². The molecule has 0 aliphatic carbocycles. The molecule has 1 N–H and O–H groups in total. The molecule has 12 heteroatoms. The average molecular weight is 545 g/mol. The molecule has 4 rings (SSSR count). The Hall–Kier alpha value is -2.93. The molecule has 3 heterocycles. The Morgan fingerprint density at radius 3 is 2.60 bits per heavy atom. The summed E-state index contributed by atoms with van der Waals surface area (Å²) in [5.74, 6) is -0.962. The number of esters is 1. The fourth-order valence-corrected chi connectivity index (χ4v) is 5.95. The van der Waals surface area contributed by atoms with Crippen LogP contribution in [0.4, 0.5) is 9.52 Å². The summed E-state index contributed by atoms with van der Waals surface area (Å²) >= 11 is 5.17. The number of pyridine rings is 2. The molecular formula is C23H17FN4O3S4. The second-order valence-corrected chi connectivity index (χ2v) is 11.1. The van der Waals surface area contributed by atoms with Gasteiger partial charge in [0, 0.05) is 16.0 Å². The Balaban J connectivity index is 1.56. The maximum atomic E-state index is 13.3. The molecule has 0 atom stereocenters. The minimum absolute atomic E-state index is 0.152. The summed E-state index contributed by atoms with van der Waals surface area (Å²) in [6, 6.07) is 15.2. The van der Waals surface area contributed by atoms with E-state index in [2.05, 4.69) is 25.0 Å². The molecule has 1 amide bonds. The molecule has 0 aliphatic heterocycles. The van der Waals surface area contributed by atoms with Crippen molar-refractivity contribution < 1.29 is 18.7 Å². The number of anilines is 1. The topological polar surface area (TPSA) is 94.1 Å². The number of amides is 1. The smallest absolute Gasteiger partial charge is 0.316 e. The number of nitrogens with one attached hydrogen (secondary N) is 1. The molecule has 7 nitrogen and oxygen atoms in total. The number of hydrogen-bond donors (Lipinski definition) is 1. The number of ether oxygens (including phenoxy) is 1. The Kier molecular flexibility index (Phi) is 8.74. The van der Waals surface area contributed by atoms with Gasteiger partial charge in [0.2, 0.25) is 0 Å². The molecule has 35 heavy (non-hydrogen) atoms. The zero-order valence-electron chi connectivity index (χ0n) is 18.1. The van der Waals surface area contributed by atoms with Crippen LogP contribution in [-0.4, -0.2) is 39.7 Å². The van der Waals surface area contributed by atoms with E-state index in [1.807, 2.05) is 24.3 Å². The molecule has 0 unspecified atom stereocenters. The molecule has 4 aromatic rings. The van der Waals surface area contributed by atoms with E-state index >= 15 is 0 Å². The van der Waals surface area contributed by atoms with Crippen molar-refractivity contribution in [3.05, 3.63) is 78.5 Å². The molecule has 0 saturated carbocycles. The molecule has 3 aromatic heterocycles. The first-order chi connectivity index (χ1) is 17.0. The Bertz CT molecular complexity index is 1320. The van der Waals surface area contributed by atoms with Crippen LogP contribution in [0.3, 0.4) is 0 Å². The summed E-state index contributed by atoms with van der Waals surface area (Å²) in [7, 11) is 1.33. The third-order valence-corrected chi connectivity index (χ3v) is 8.23. The van der Waals surface area contributed by atoms with Gasteiger partial charge in [-0.2, -0.15) is 0 Å². The fourth-order valence-electron chi connectivity index (χ4n) is 2.60. The van der Waals surface area contributed by atoms with Gasteiger partial charge in [0.1, 0.15) is 21.6 Å². The van der Waals surface area contributed by atoms with Gasteiger partial charge in [0.05, 0.1) is 23.3 Å². The number of halogens is 1. The lowest BCUT2D eigenvalue weighted by Gasteiger charge is -2.10. The summed E-state index contributed by atoms with van der Waals surface area (Å²) in [5, 5.41) is 4.51. The Morgan fingerprint density at radius 1 is 1.03 bits per heavy atom. The van der Waals surface area contributed by atoms with Crippen molar-refractivity contribution in [1.82, 2.24) is 15.0 Å². The summed E-state index contributed by atoms with van der Waals surface area (Å²) in [6.45, 7) is 0. The molecule has 0 aliphatic rings. The quantitative estimate of drug-likeness (QED) is 0.204. The molecule has 0 fully saturated rings. The number of nitrogens with zero attached hydrogens (tertiary/aromatic N) is 3. The molecule has 0 spiro atoms. The second-order valence-electron chi connectivity index (χ2n) is 6.63. The standard InChI is InChI=1S/C23H17FN4O3S4/c1-31-19(29)13-32-20-12-26-23(35-20)28-22(30)21-16(33-15-7-5-14(24)6-8-15)9-10-18(27-21)34-17-4-2-3-11-25-17/h2-12H,13H2,1H3,(H,26,28,30). The van der Waals surface area contributed by atoms with Gasteiger partial charge in [0.15, 0.2) is 5.13 Å². The monoisotopic (exact) mass is 544 g/mol. The van der Waals surface area contributed by atoms with Crippen LogP contribution < -0.4 is 5.32 Å². The first-order valence-electron chi connectivity index (χ1n) is 10.0. The van der Waals surface area contributed by atoms with Crippen molar-refractivity contribution >= 4 is 63.6 Å². The largest absolute Gasteiger partial charge is 0.468 e. The van der Waals surface area contributed by atoms with Crippen LogP contribution in [0.5, 0.6) is 0 Å².